The van der Waals surface area contributed by atoms with Crippen molar-refractivity contribution in [3.05, 3.63) is 59.7 Å². The molecule has 1 fully saturated rings. The summed E-state index contributed by atoms with van der Waals surface area (Å²) in [6, 6.07) is 13.1. The zero-order valence-electron chi connectivity index (χ0n) is 16.0. The molecule has 152 valence electrons. The number of ether oxygens (including phenoxy) is 2. The fraction of sp³-hybridized carbons (Fsp3) is 0.286. The van der Waals surface area contributed by atoms with E-state index in [2.05, 4.69) is 0 Å². The van der Waals surface area contributed by atoms with E-state index in [1.54, 1.807) is 53.3 Å². The monoisotopic (exact) mass is 398 g/mol. The number of carbonyl (C=O) groups excluding carboxylic acids is 2. The highest BCUT2D eigenvalue weighted by Crippen LogP contribution is 2.19. The molecule has 1 saturated heterocycles. The van der Waals surface area contributed by atoms with E-state index in [4.69, 9.17) is 9.47 Å². The summed E-state index contributed by atoms with van der Waals surface area (Å²) in [4.78, 5) is 39.6. The summed E-state index contributed by atoms with van der Waals surface area (Å²) in [6.45, 7) is 1.28. The molecule has 3 rings (SSSR count). The number of hydrogen-bond acceptors (Lipinski definition) is 5. The predicted molar refractivity (Wildman–Crippen MR) is 104 cm³/mol. The second-order valence-corrected chi connectivity index (χ2v) is 6.49. The number of amides is 2. The van der Waals surface area contributed by atoms with E-state index in [-0.39, 0.29) is 29.5 Å². The Hall–Kier alpha value is -3.55. The van der Waals surface area contributed by atoms with Gasteiger partial charge in [-0.25, -0.2) is 4.79 Å². The molecule has 1 N–H and O–H groups in total. The Morgan fingerprint density at radius 1 is 0.897 bits per heavy atom. The Morgan fingerprint density at radius 3 is 2.17 bits per heavy atom. The molecule has 1 heterocycles. The van der Waals surface area contributed by atoms with Crippen LogP contribution in [0.25, 0.3) is 0 Å². The maximum absolute atomic E-state index is 12.7. The smallest absolute Gasteiger partial charge is 0.336 e. The van der Waals surface area contributed by atoms with Crippen LogP contribution in [0.5, 0.6) is 11.5 Å². The van der Waals surface area contributed by atoms with E-state index in [1.165, 1.54) is 12.1 Å². The molecular weight excluding hydrogens is 376 g/mol. The Bertz CT molecular complexity index is 906. The van der Waals surface area contributed by atoms with Crippen LogP contribution in [0.3, 0.4) is 0 Å². The first-order valence-electron chi connectivity index (χ1n) is 9.16. The third-order valence-corrected chi connectivity index (χ3v) is 4.71. The van der Waals surface area contributed by atoms with Crippen molar-refractivity contribution in [2.24, 2.45) is 0 Å². The van der Waals surface area contributed by atoms with Gasteiger partial charge in [0, 0.05) is 32.2 Å². The number of nitrogens with zero attached hydrogens (tertiary/aromatic N) is 2. The standard InChI is InChI=1S/C21H22N2O6/c1-28-15-5-4-6-16(13-15)29-14-19(24)22-9-11-23(12-10-22)20(25)17-7-2-3-8-18(17)21(26)27/h2-8,13H,9-12,14H2,1H3,(H,26,27). The van der Waals surface area contributed by atoms with Crippen LogP contribution in [0.15, 0.2) is 48.5 Å². The fourth-order valence-electron chi connectivity index (χ4n) is 3.11. The molecule has 0 radical (unpaired) electrons. The van der Waals surface area contributed by atoms with Gasteiger partial charge in [0.25, 0.3) is 11.8 Å². The van der Waals surface area contributed by atoms with Crippen molar-refractivity contribution < 1.29 is 29.0 Å². The maximum Gasteiger partial charge on any atom is 0.336 e. The highest BCUT2D eigenvalue weighted by atomic mass is 16.5. The highest BCUT2D eigenvalue weighted by Gasteiger charge is 2.27. The van der Waals surface area contributed by atoms with Crippen molar-refractivity contribution in [2.45, 2.75) is 0 Å². The van der Waals surface area contributed by atoms with Gasteiger partial charge in [-0.15, -0.1) is 0 Å². The number of benzene rings is 2. The van der Waals surface area contributed by atoms with Gasteiger partial charge in [0.15, 0.2) is 6.61 Å². The average Bonchev–Trinajstić information content (AvgIpc) is 2.77. The first kappa shape index (κ1) is 20.2. The molecule has 8 nitrogen and oxygen atoms in total. The number of methoxy groups -OCH3 is 1. The summed E-state index contributed by atoms with van der Waals surface area (Å²) in [5.41, 5.74) is 0.129. The minimum Gasteiger partial charge on any atom is -0.497 e. The molecule has 0 spiro atoms. The summed E-state index contributed by atoms with van der Waals surface area (Å²) in [5.74, 6) is -0.480. The average molecular weight is 398 g/mol. The van der Waals surface area contributed by atoms with Gasteiger partial charge < -0.3 is 24.4 Å². The van der Waals surface area contributed by atoms with E-state index >= 15 is 0 Å². The molecule has 0 aromatic heterocycles. The van der Waals surface area contributed by atoms with Gasteiger partial charge in [0.05, 0.1) is 18.2 Å². The number of carboxylic acid groups (broad SMARTS) is 1. The van der Waals surface area contributed by atoms with Crippen molar-refractivity contribution in [1.29, 1.82) is 0 Å². The predicted octanol–water partition coefficient (Wildman–Crippen LogP) is 1.76. The number of aromatic carboxylic acids is 1. The van der Waals surface area contributed by atoms with Gasteiger partial charge in [-0.3, -0.25) is 9.59 Å². The minimum absolute atomic E-state index is 0.0253. The Morgan fingerprint density at radius 2 is 1.52 bits per heavy atom. The van der Waals surface area contributed by atoms with E-state index in [1.807, 2.05) is 0 Å². The van der Waals surface area contributed by atoms with Crippen LogP contribution in [-0.2, 0) is 4.79 Å². The summed E-state index contributed by atoms with van der Waals surface area (Å²) in [5, 5.41) is 9.27. The van der Waals surface area contributed by atoms with Gasteiger partial charge in [-0.1, -0.05) is 18.2 Å². The minimum atomic E-state index is -1.14. The lowest BCUT2D eigenvalue weighted by Crippen LogP contribution is -2.51. The Labute approximate surface area is 168 Å². The zero-order chi connectivity index (χ0) is 20.8. The molecule has 0 aliphatic carbocycles. The number of carbonyl (C=O) groups is 3. The summed E-state index contributed by atoms with van der Waals surface area (Å²) in [6.07, 6.45) is 0. The number of hydrogen-bond donors (Lipinski definition) is 1. The van der Waals surface area contributed by atoms with Gasteiger partial charge in [-0.05, 0) is 24.3 Å². The maximum atomic E-state index is 12.7. The van der Waals surface area contributed by atoms with Crippen LogP contribution in [0.4, 0.5) is 0 Å². The lowest BCUT2D eigenvalue weighted by atomic mass is 10.1. The van der Waals surface area contributed by atoms with Gasteiger partial charge in [0.2, 0.25) is 0 Å². The number of rotatable bonds is 6. The highest BCUT2D eigenvalue weighted by molar-refractivity contribution is 6.04. The third-order valence-electron chi connectivity index (χ3n) is 4.71. The molecule has 0 atom stereocenters. The molecular formula is C21H22N2O6. The zero-order valence-corrected chi connectivity index (χ0v) is 16.0. The van der Waals surface area contributed by atoms with Gasteiger partial charge >= 0.3 is 5.97 Å². The Balaban J connectivity index is 1.54. The summed E-state index contributed by atoms with van der Waals surface area (Å²) < 4.78 is 10.7. The molecule has 0 unspecified atom stereocenters. The van der Waals surface area contributed by atoms with Crippen molar-refractivity contribution in [3.63, 3.8) is 0 Å². The number of piperazine rings is 1. The van der Waals surface area contributed by atoms with Crippen LogP contribution in [-0.4, -0.2) is 72.6 Å². The van der Waals surface area contributed by atoms with Crippen molar-refractivity contribution >= 4 is 17.8 Å². The molecule has 2 amide bonds. The topological polar surface area (TPSA) is 96.4 Å². The van der Waals surface area contributed by atoms with Crippen molar-refractivity contribution in [1.82, 2.24) is 9.80 Å². The molecule has 0 bridgehead atoms. The first-order valence-corrected chi connectivity index (χ1v) is 9.16. The normalized spacial score (nSPS) is 13.7. The molecule has 29 heavy (non-hydrogen) atoms. The summed E-state index contributed by atoms with van der Waals surface area (Å²) in [7, 11) is 1.56. The van der Waals surface area contributed by atoms with E-state index in [9.17, 15) is 19.5 Å². The SMILES string of the molecule is COc1cccc(OCC(=O)N2CCN(C(=O)c3ccccc3C(=O)O)CC2)c1. The molecule has 1 aliphatic rings. The quantitative estimate of drug-likeness (QED) is 0.797. The van der Waals surface area contributed by atoms with Gasteiger partial charge in [-0.2, -0.15) is 0 Å². The van der Waals surface area contributed by atoms with Crippen LogP contribution < -0.4 is 9.47 Å². The first-order chi connectivity index (χ1) is 14.0. The van der Waals surface area contributed by atoms with E-state index in [0.717, 1.165) is 0 Å². The van der Waals surface area contributed by atoms with Crippen molar-refractivity contribution in [3.8, 4) is 11.5 Å². The summed E-state index contributed by atoms with van der Waals surface area (Å²) >= 11 is 0. The second kappa shape index (κ2) is 9.09. The second-order valence-electron chi connectivity index (χ2n) is 6.49. The third kappa shape index (κ3) is 4.84. The van der Waals surface area contributed by atoms with E-state index < -0.39 is 5.97 Å². The van der Waals surface area contributed by atoms with Crippen molar-refractivity contribution in [2.75, 3.05) is 39.9 Å². The molecule has 2 aromatic rings. The largest absolute Gasteiger partial charge is 0.497 e. The van der Waals surface area contributed by atoms with Crippen LogP contribution >= 0.6 is 0 Å². The fourth-order valence-corrected chi connectivity index (χ4v) is 3.11. The van der Waals surface area contributed by atoms with Crippen LogP contribution in [0.2, 0.25) is 0 Å². The molecule has 1 aliphatic heterocycles. The number of carboxylic acids is 1. The lowest BCUT2D eigenvalue weighted by Gasteiger charge is -2.35. The van der Waals surface area contributed by atoms with Crippen LogP contribution in [0.1, 0.15) is 20.7 Å². The molecule has 8 heteroatoms. The Kier molecular flexibility index (Phi) is 6.33. The molecule has 0 saturated carbocycles. The van der Waals surface area contributed by atoms with Crippen LogP contribution in [0, 0.1) is 0 Å². The molecule has 2 aromatic carbocycles. The lowest BCUT2D eigenvalue weighted by molar-refractivity contribution is -0.134. The van der Waals surface area contributed by atoms with Gasteiger partial charge in [0.1, 0.15) is 11.5 Å². The van der Waals surface area contributed by atoms with E-state index in [0.29, 0.717) is 37.7 Å².